The van der Waals surface area contributed by atoms with Crippen LogP contribution in [0.1, 0.15) is 18.9 Å². The summed E-state index contributed by atoms with van der Waals surface area (Å²) in [6.45, 7) is 3.72. The summed E-state index contributed by atoms with van der Waals surface area (Å²) in [5.41, 5.74) is 2.10. The molecule has 0 heterocycles. The predicted molar refractivity (Wildman–Crippen MR) is 122 cm³/mol. The third-order valence-corrected chi connectivity index (χ3v) is 4.55. The van der Waals surface area contributed by atoms with Crippen LogP contribution in [0.5, 0.6) is 11.5 Å². The van der Waals surface area contributed by atoms with Gasteiger partial charge in [0.15, 0.2) is 12.7 Å². The number of aryl methyl sites for hydroxylation is 1. The molecule has 160 valence electrons. The number of nitrogens with one attached hydrogen (secondary N) is 2. The fourth-order valence-electron chi connectivity index (χ4n) is 2.92. The number of para-hydroxylation sites is 2. The largest absolute Gasteiger partial charge is 0.484 e. The summed E-state index contributed by atoms with van der Waals surface area (Å²) >= 11 is 0. The monoisotopic (exact) mass is 418 g/mol. The first-order valence-corrected chi connectivity index (χ1v) is 10.2. The molecule has 0 aliphatic heterocycles. The minimum atomic E-state index is -0.626. The summed E-state index contributed by atoms with van der Waals surface area (Å²) in [5, 5.41) is 5.63. The molecule has 0 aromatic heterocycles. The van der Waals surface area contributed by atoms with Gasteiger partial charge in [0.25, 0.3) is 11.8 Å². The van der Waals surface area contributed by atoms with E-state index in [0.717, 1.165) is 5.56 Å². The normalized spacial score (nSPS) is 11.3. The Morgan fingerprint density at radius 2 is 1.55 bits per heavy atom. The first kappa shape index (κ1) is 21.9. The number of benzene rings is 3. The molecular weight excluding hydrogens is 392 g/mol. The minimum Gasteiger partial charge on any atom is -0.484 e. The average Bonchev–Trinajstić information content (AvgIpc) is 2.78. The average molecular weight is 418 g/mol. The Morgan fingerprint density at radius 3 is 2.26 bits per heavy atom. The number of carbonyl (C=O) groups is 2. The van der Waals surface area contributed by atoms with E-state index in [0.29, 0.717) is 29.3 Å². The van der Waals surface area contributed by atoms with Crippen molar-refractivity contribution in [3.63, 3.8) is 0 Å². The zero-order chi connectivity index (χ0) is 22.1. The molecule has 0 fully saturated rings. The second-order valence-electron chi connectivity index (χ2n) is 7.00. The lowest BCUT2D eigenvalue weighted by atomic mass is 10.2. The van der Waals surface area contributed by atoms with Gasteiger partial charge in [-0.1, -0.05) is 49.4 Å². The van der Waals surface area contributed by atoms with Crippen molar-refractivity contribution >= 4 is 23.2 Å². The lowest BCUT2D eigenvalue weighted by molar-refractivity contribution is -0.122. The van der Waals surface area contributed by atoms with Gasteiger partial charge in [0.2, 0.25) is 0 Å². The molecule has 2 amide bonds. The molecule has 0 saturated heterocycles. The topological polar surface area (TPSA) is 76.7 Å². The van der Waals surface area contributed by atoms with Crippen LogP contribution >= 0.6 is 0 Å². The maximum Gasteiger partial charge on any atom is 0.265 e. The van der Waals surface area contributed by atoms with Gasteiger partial charge in [-0.05, 0) is 55.3 Å². The molecule has 3 aromatic carbocycles. The van der Waals surface area contributed by atoms with E-state index in [1.807, 2.05) is 56.3 Å². The number of carbonyl (C=O) groups excluding carboxylic acids is 2. The van der Waals surface area contributed by atoms with E-state index in [2.05, 4.69) is 10.6 Å². The van der Waals surface area contributed by atoms with E-state index in [1.165, 1.54) is 0 Å². The van der Waals surface area contributed by atoms with Gasteiger partial charge in [0.1, 0.15) is 11.5 Å². The molecule has 2 N–H and O–H groups in total. The Morgan fingerprint density at radius 1 is 0.871 bits per heavy atom. The van der Waals surface area contributed by atoms with Crippen LogP contribution in [0, 0.1) is 6.92 Å². The van der Waals surface area contributed by atoms with E-state index in [4.69, 9.17) is 9.47 Å². The molecular formula is C25H26N2O4. The molecule has 31 heavy (non-hydrogen) atoms. The second-order valence-corrected chi connectivity index (χ2v) is 7.00. The fraction of sp³-hybridized carbons (Fsp3) is 0.200. The molecule has 1 unspecified atom stereocenters. The quantitative estimate of drug-likeness (QED) is 0.523. The van der Waals surface area contributed by atoms with Gasteiger partial charge in [-0.2, -0.15) is 0 Å². The van der Waals surface area contributed by atoms with Gasteiger partial charge in [0.05, 0.1) is 0 Å². The third-order valence-electron chi connectivity index (χ3n) is 4.55. The number of rotatable bonds is 9. The van der Waals surface area contributed by atoms with Gasteiger partial charge in [-0.3, -0.25) is 9.59 Å². The number of hydrogen-bond donors (Lipinski definition) is 2. The summed E-state index contributed by atoms with van der Waals surface area (Å²) < 4.78 is 11.3. The van der Waals surface area contributed by atoms with E-state index in [9.17, 15) is 9.59 Å². The van der Waals surface area contributed by atoms with E-state index in [-0.39, 0.29) is 18.4 Å². The maximum absolute atomic E-state index is 12.7. The van der Waals surface area contributed by atoms with Crippen molar-refractivity contribution < 1.29 is 19.1 Å². The first-order valence-electron chi connectivity index (χ1n) is 10.2. The van der Waals surface area contributed by atoms with Gasteiger partial charge < -0.3 is 20.1 Å². The molecule has 3 rings (SSSR count). The third kappa shape index (κ3) is 6.60. The summed E-state index contributed by atoms with van der Waals surface area (Å²) in [7, 11) is 0. The smallest absolute Gasteiger partial charge is 0.265 e. The van der Waals surface area contributed by atoms with Gasteiger partial charge in [-0.25, -0.2) is 0 Å². The molecule has 0 spiro atoms. The van der Waals surface area contributed by atoms with Crippen LogP contribution < -0.4 is 20.1 Å². The van der Waals surface area contributed by atoms with Crippen LogP contribution in [0.3, 0.4) is 0 Å². The van der Waals surface area contributed by atoms with Crippen molar-refractivity contribution in [2.45, 2.75) is 26.4 Å². The van der Waals surface area contributed by atoms with Crippen molar-refractivity contribution in [3.8, 4) is 11.5 Å². The van der Waals surface area contributed by atoms with Gasteiger partial charge in [0, 0.05) is 11.4 Å². The van der Waals surface area contributed by atoms with Crippen LogP contribution in [0.2, 0.25) is 0 Å². The van der Waals surface area contributed by atoms with E-state index < -0.39 is 6.10 Å². The van der Waals surface area contributed by atoms with Crippen molar-refractivity contribution in [2.75, 3.05) is 17.2 Å². The molecule has 0 saturated carbocycles. The minimum absolute atomic E-state index is 0.108. The Kier molecular flexibility index (Phi) is 7.65. The van der Waals surface area contributed by atoms with Crippen LogP contribution in [0.15, 0.2) is 78.9 Å². The lowest BCUT2D eigenvalue weighted by Gasteiger charge is -2.19. The summed E-state index contributed by atoms with van der Waals surface area (Å²) in [5.74, 6) is 0.769. The van der Waals surface area contributed by atoms with Gasteiger partial charge >= 0.3 is 0 Å². The number of amides is 2. The Balaban J connectivity index is 1.56. The van der Waals surface area contributed by atoms with Crippen LogP contribution in [0.25, 0.3) is 0 Å². The molecule has 6 nitrogen and oxygen atoms in total. The molecule has 0 radical (unpaired) electrons. The number of ether oxygens (including phenoxy) is 2. The SMILES string of the molecule is CCC(Oc1ccccc1C)C(=O)Nc1cccc(NC(=O)COc2ccccc2)c1. The highest BCUT2D eigenvalue weighted by molar-refractivity contribution is 5.96. The molecule has 0 bridgehead atoms. The number of anilines is 2. The van der Waals surface area contributed by atoms with Crippen molar-refractivity contribution in [1.82, 2.24) is 0 Å². The standard InChI is InChI=1S/C25H26N2O4/c1-3-22(31-23-15-8-7-10-18(23)2)25(29)27-20-12-9-11-19(16-20)26-24(28)17-30-21-13-5-4-6-14-21/h4-16,22H,3,17H2,1-2H3,(H,26,28)(H,27,29). The highest BCUT2D eigenvalue weighted by atomic mass is 16.5. The van der Waals surface area contributed by atoms with Crippen LogP contribution in [-0.4, -0.2) is 24.5 Å². The molecule has 6 heteroatoms. The highest BCUT2D eigenvalue weighted by Crippen LogP contribution is 2.20. The zero-order valence-electron chi connectivity index (χ0n) is 17.6. The zero-order valence-corrected chi connectivity index (χ0v) is 17.6. The van der Waals surface area contributed by atoms with E-state index >= 15 is 0 Å². The van der Waals surface area contributed by atoms with Crippen molar-refractivity contribution in [3.05, 3.63) is 84.4 Å². The highest BCUT2D eigenvalue weighted by Gasteiger charge is 2.19. The predicted octanol–water partition coefficient (Wildman–Crippen LogP) is 4.81. The maximum atomic E-state index is 12.7. The Bertz CT molecular complexity index is 1020. The van der Waals surface area contributed by atoms with Crippen LogP contribution in [-0.2, 0) is 9.59 Å². The number of hydrogen-bond acceptors (Lipinski definition) is 4. The summed E-state index contributed by atoms with van der Waals surface area (Å²) in [4.78, 5) is 24.9. The Labute approximate surface area is 182 Å². The first-order chi connectivity index (χ1) is 15.0. The fourth-order valence-corrected chi connectivity index (χ4v) is 2.92. The molecule has 3 aromatic rings. The van der Waals surface area contributed by atoms with Crippen LogP contribution in [0.4, 0.5) is 11.4 Å². The molecule has 0 aliphatic rings. The van der Waals surface area contributed by atoms with Gasteiger partial charge in [-0.15, -0.1) is 0 Å². The summed E-state index contributed by atoms with van der Waals surface area (Å²) in [6.07, 6.45) is -0.105. The van der Waals surface area contributed by atoms with E-state index in [1.54, 1.807) is 36.4 Å². The Hall–Kier alpha value is -3.80. The molecule has 1 atom stereocenters. The van der Waals surface area contributed by atoms with Crippen molar-refractivity contribution in [2.24, 2.45) is 0 Å². The molecule has 0 aliphatic carbocycles. The van der Waals surface area contributed by atoms with Crippen molar-refractivity contribution in [1.29, 1.82) is 0 Å². The summed E-state index contributed by atoms with van der Waals surface area (Å²) in [6, 6.07) is 23.7. The lowest BCUT2D eigenvalue weighted by Crippen LogP contribution is -2.32. The second kappa shape index (κ2) is 10.8.